The molecule has 2 heterocycles. The van der Waals surface area contributed by atoms with Crippen LogP contribution in [-0.4, -0.2) is 40.7 Å². The molecule has 2 aromatic heterocycles. The highest BCUT2D eigenvalue weighted by Gasteiger charge is 2.13. The van der Waals surface area contributed by atoms with Gasteiger partial charge in [0.15, 0.2) is 5.96 Å². The first-order valence-corrected chi connectivity index (χ1v) is 9.21. The fourth-order valence-corrected chi connectivity index (χ4v) is 3.59. The molecular formula is C16H22Cl2N4OS. The highest BCUT2D eigenvalue weighted by Crippen LogP contribution is 2.27. The van der Waals surface area contributed by atoms with Crippen LogP contribution < -0.4 is 5.32 Å². The van der Waals surface area contributed by atoms with Gasteiger partial charge in [-0.2, -0.15) is 0 Å². The maximum atomic E-state index is 10.2. The number of aliphatic hydroxyl groups excluding tert-OH is 1. The first-order valence-electron chi connectivity index (χ1n) is 7.64. The minimum atomic E-state index is -0.658. The summed E-state index contributed by atoms with van der Waals surface area (Å²) >= 11 is 13.3. The quantitative estimate of drug-likeness (QED) is 0.587. The van der Waals surface area contributed by atoms with Crippen LogP contribution in [-0.2, 0) is 13.6 Å². The Bertz CT molecular complexity index is 698. The van der Waals surface area contributed by atoms with E-state index in [0.717, 1.165) is 23.1 Å². The van der Waals surface area contributed by atoms with E-state index in [0.29, 0.717) is 15.9 Å². The van der Waals surface area contributed by atoms with Crippen LogP contribution in [0.5, 0.6) is 0 Å². The average Bonchev–Trinajstić information content (AvgIpc) is 3.09. The van der Waals surface area contributed by atoms with Gasteiger partial charge in [0.1, 0.15) is 6.10 Å². The molecule has 2 aromatic rings. The molecule has 132 valence electrons. The summed E-state index contributed by atoms with van der Waals surface area (Å²) in [6, 6.07) is 5.55. The number of aromatic nitrogens is 1. The predicted molar refractivity (Wildman–Crippen MR) is 102 cm³/mol. The molecule has 0 radical (unpaired) electrons. The van der Waals surface area contributed by atoms with Gasteiger partial charge in [0, 0.05) is 37.4 Å². The first kappa shape index (κ1) is 19.1. The maximum absolute atomic E-state index is 10.2. The topological polar surface area (TPSA) is 52.8 Å². The van der Waals surface area contributed by atoms with Gasteiger partial charge in [0.05, 0.1) is 22.4 Å². The molecule has 0 aliphatic heterocycles. The van der Waals surface area contributed by atoms with Gasteiger partial charge in [-0.1, -0.05) is 23.2 Å². The summed E-state index contributed by atoms with van der Waals surface area (Å²) in [6.45, 7) is 3.70. The van der Waals surface area contributed by atoms with Crippen LogP contribution in [0.15, 0.2) is 29.4 Å². The fraction of sp³-hybridized carbons (Fsp3) is 0.438. The lowest BCUT2D eigenvalue weighted by molar-refractivity contribution is 0.190. The van der Waals surface area contributed by atoms with Gasteiger partial charge in [-0.15, -0.1) is 11.3 Å². The number of hydrogen-bond acceptors (Lipinski definition) is 3. The molecule has 0 bridgehead atoms. The number of nitrogens with one attached hydrogen (secondary N) is 1. The lowest BCUT2D eigenvalue weighted by atomic mass is 10.3. The van der Waals surface area contributed by atoms with Crippen LogP contribution in [0.3, 0.4) is 0 Å². The number of aryl methyl sites for hydroxylation is 1. The molecular weight excluding hydrogens is 367 g/mol. The van der Waals surface area contributed by atoms with E-state index < -0.39 is 6.10 Å². The van der Waals surface area contributed by atoms with Crippen molar-refractivity contribution < 1.29 is 5.11 Å². The average molecular weight is 389 g/mol. The molecule has 0 saturated carbocycles. The molecule has 2 N–H and O–H groups in total. The second-order valence-corrected chi connectivity index (χ2v) is 7.65. The number of thiophene rings is 1. The van der Waals surface area contributed by atoms with E-state index >= 15 is 0 Å². The van der Waals surface area contributed by atoms with Crippen molar-refractivity contribution in [3.63, 3.8) is 0 Å². The molecule has 2 rings (SSSR count). The van der Waals surface area contributed by atoms with Crippen molar-refractivity contribution in [2.45, 2.75) is 19.6 Å². The zero-order valence-corrected chi connectivity index (χ0v) is 16.3. The number of nitrogens with zero attached hydrogens (tertiary/aromatic N) is 3. The number of aliphatic imine (C=N–C) groups is 1. The summed E-state index contributed by atoms with van der Waals surface area (Å²) in [7, 11) is 3.92. The van der Waals surface area contributed by atoms with Crippen molar-refractivity contribution >= 4 is 40.5 Å². The Morgan fingerprint density at radius 2 is 2.21 bits per heavy atom. The zero-order chi connectivity index (χ0) is 17.7. The molecule has 0 aliphatic rings. The summed E-state index contributed by atoms with van der Waals surface area (Å²) in [6.07, 6.45) is 1.22. The number of hydrogen-bond donors (Lipinski definition) is 2. The highest BCUT2D eigenvalue weighted by molar-refractivity contribution is 7.16. The third-order valence-corrected chi connectivity index (χ3v) is 5.05. The molecule has 0 amide bonds. The first-order chi connectivity index (χ1) is 11.4. The van der Waals surface area contributed by atoms with E-state index in [4.69, 9.17) is 23.2 Å². The van der Waals surface area contributed by atoms with Gasteiger partial charge in [-0.25, -0.2) is 0 Å². The molecule has 5 nitrogen and oxygen atoms in total. The summed E-state index contributed by atoms with van der Waals surface area (Å²) in [5.74, 6) is 0.733. The van der Waals surface area contributed by atoms with Crippen molar-refractivity contribution in [3.8, 4) is 0 Å². The van der Waals surface area contributed by atoms with Gasteiger partial charge in [-0.05, 0) is 25.1 Å². The van der Waals surface area contributed by atoms with Gasteiger partial charge < -0.3 is 19.9 Å². The molecule has 8 heteroatoms. The third-order valence-electron chi connectivity index (χ3n) is 3.51. The molecule has 24 heavy (non-hydrogen) atoms. The van der Waals surface area contributed by atoms with Crippen molar-refractivity contribution in [2.75, 3.05) is 20.1 Å². The van der Waals surface area contributed by atoms with E-state index in [-0.39, 0.29) is 6.54 Å². The van der Waals surface area contributed by atoms with Crippen LogP contribution in [0.25, 0.3) is 0 Å². The third kappa shape index (κ3) is 5.14. The van der Waals surface area contributed by atoms with Crippen molar-refractivity contribution in [3.05, 3.63) is 44.3 Å². The van der Waals surface area contributed by atoms with E-state index in [1.54, 1.807) is 6.07 Å². The summed E-state index contributed by atoms with van der Waals surface area (Å²) in [5.41, 5.74) is 1.08. The molecule has 1 atom stereocenters. The lowest BCUT2D eigenvalue weighted by Crippen LogP contribution is -2.39. The summed E-state index contributed by atoms with van der Waals surface area (Å²) in [5, 5.41) is 14.2. The molecule has 1 unspecified atom stereocenters. The van der Waals surface area contributed by atoms with Crippen LogP contribution >= 0.6 is 34.5 Å². The van der Waals surface area contributed by atoms with Crippen molar-refractivity contribution in [1.29, 1.82) is 0 Å². The maximum Gasteiger partial charge on any atom is 0.194 e. The Balaban J connectivity index is 2.05. The Labute approximate surface area is 156 Å². The van der Waals surface area contributed by atoms with Crippen LogP contribution in [0, 0.1) is 0 Å². The molecule has 0 saturated heterocycles. The van der Waals surface area contributed by atoms with E-state index in [2.05, 4.69) is 10.3 Å². The zero-order valence-electron chi connectivity index (χ0n) is 14.0. The minimum absolute atomic E-state index is 0.275. The molecule has 0 aromatic carbocycles. The standard InChI is InChI=1S/C16H22Cl2N4OS/c1-4-19-16(20-8-13(23)14-5-6-15(18)24-14)22(3)10-12-7-11(17)9-21(12)2/h5-7,9,13,23H,4,8,10H2,1-3H3,(H,19,20). The molecule has 0 aliphatic carbocycles. The number of rotatable bonds is 6. The van der Waals surface area contributed by atoms with Gasteiger partial charge in [0.2, 0.25) is 0 Å². The summed E-state index contributed by atoms with van der Waals surface area (Å²) in [4.78, 5) is 7.35. The van der Waals surface area contributed by atoms with E-state index in [1.165, 1.54) is 11.3 Å². The number of guanidine groups is 1. The lowest BCUT2D eigenvalue weighted by Gasteiger charge is -2.22. The molecule has 0 spiro atoms. The van der Waals surface area contributed by atoms with Gasteiger partial charge in [0.25, 0.3) is 0 Å². The van der Waals surface area contributed by atoms with Crippen LogP contribution in [0.1, 0.15) is 23.6 Å². The molecule has 0 fully saturated rings. The SMILES string of the molecule is CCNC(=NCC(O)c1ccc(Cl)s1)N(C)Cc1cc(Cl)cn1C. The fourth-order valence-electron chi connectivity index (χ4n) is 2.28. The van der Waals surface area contributed by atoms with Crippen LogP contribution in [0.4, 0.5) is 0 Å². The normalized spacial score (nSPS) is 13.2. The second kappa shape index (κ2) is 8.76. The van der Waals surface area contributed by atoms with Crippen LogP contribution in [0.2, 0.25) is 9.36 Å². The highest BCUT2D eigenvalue weighted by atomic mass is 35.5. The van der Waals surface area contributed by atoms with Crippen molar-refractivity contribution in [2.24, 2.45) is 12.0 Å². The Kier molecular flexibility index (Phi) is 6.98. The monoisotopic (exact) mass is 388 g/mol. The largest absolute Gasteiger partial charge is 0.386 e. The van der Waals surface area contributed by atoms with E-state index in [1.807, 2.05) is 48.8 Å². The summed E-state index contributed by atoms with van der Waals surface area (Å²) < 4.78 is 2.66. The minimum Gasteiger partial charge on any atom is -0.386 e. The van der Waals surface area contributed by atoms with E-state index in [9.17, 15) is 5.11 Å². The Morgan fingerprint density at radius 3 is 2.75 bits per heavy atom. The number of aliphatic hydroxyl groups is 1. The van der Waals surface area contributed by atoms with Crippen molar-refractivity contribution in [1.82, 2.24) is 14.8 Å². The Hall–Kier alpha value is -1.21. The predicted octanol–water partition coefficient (Wildman–Crippen LogP) is 3.52. The second-order valence-electron chi connectivity index (χ2n) is 5.47. The van der Waals surface area contributed by atoms with Gasteiger partial charge >= 0.3 is 0 Å². The van der Waals surface area contributed by atoms with Gasteiger partial charge in [-0.3, -0.25) is 4.99 Å². The number of halogens is 2. The smallest absolute Gasteiger partial charge is 0.194 e. The Morgan fingerprint density at radius 1 is 1.46 bits per heavy atom.